The molecule has 2 heterocycles. The fourth-order valence-corrected chi connectivity index (χ4v) is 6.69. The molecule has 0 radical (unpaired) electrons. The van der Waals surface area contributed by atoms with Gasteiger partial charge in [0.05, 0.1) is 13.5 Å². The van der Waals surface area contributed by atoms with Crippen molar-refractivity contribution in [1.82, 2.24) is 9.96 Å². The standard InChI is InChI=1S/C25H26N2O7S/c1-25(15-14-19(28)26(2)33-3)23(27-20(29)16-21(27)35(25,31)32)24(30)34-22(17-10-6-4-7-11-17)18-12-8-5-9-13-18/h4-15,21-23H,16H2,1-3H3/t21-,23+,25+/m1/s1. The van der Waals surface area contributed by atoms with E-state index in [9.17, 15) is 22.8 Å². The van der Waals surface area contributed by atoms with Crippen LogP contribution in [0.1, 0.15) is 30.6 Å². The Labute approximate surface area is 203 Å². The minimum atomic E-state index is -4.04. The normalized spacial score (nSPS) is 24.8. The quantitative estimate of drug-likeness (QED) is 0.249. The molecular formula is C25H26N2O7S. The van der Waals surface area contributed by atoms with Gasteiger partial charge in [-0.1, -0.05) is 66.7 Å². The predicted octanol–water partition coefficient (Wildman–Crippen LogP) is 2.01. The van der Waals surface area contributed by atoms with E-state index in [2.05, 4.69) is 0 Å². The number of carbonyl (C=O) groups is 3. The second-order valence-corrected chi connectivity index (χ2v) is 11.1. The van der Waals surface area contributed by atoms with Gasteiger partial charge in [-0.3, -0.25) is 14.4 Å². The van der Waals surface area contributed by atoms with Crippen molar-refractivity contribution in [2.45, 2.75) is 35.6 Å². The summed E-state index contributed by atoms with van der Waals surface area (Å²) in [5, 5.41) is -0.236. The third-order valence-corrected chi connectivity index (χ3v) is 9.24. The number of fused-ring (bicyclic) bond motifs is 1. The number of hydrogen-bond acceptors (Lipinski definition) is 7. The summed E-state index contributed by atoms with van der Waals surface area (Å²) in [7, 11) is -1.39. The van der Waals surface area contributed by atoms with Gasteiger partial charge >= 0.3 is 5.97 Å². The average molecular weight is 499 g/mol. The molecule has 0 aromatic heterocycles. The van der Waals surface area contributed by atoms with Crippen LogP contribution in [0, 0.1) is 0 Å². The van der Waals surface area contributed by atoms with Crippen molar-refractivity contribution in [1.29, 1.82) is 0 Å². The van der Waals surface area contributed by atoms with Gasteiger partial charge in [0.2, 0.25) is 5.91 Å². The molecule has 2 amide bonds. The number of carbonyl (C=O) groups excluding carboxylic acids is 3. The van der Waals surface area contributed by atoms with Crippen LogP contribution in [0.15, 0.2) is 72.8 Å². The summed E-state index contributed by atoms with van der Waals surface area (Å²) in [6.45, 7) is 1.33. The van der Waals surface area contributed by atoms with Crippen LogP contribution < -0.4 is 0 Å². The minimum absolute atomic E-state index is 0.220. The van der Waals surface area contributed by atoms with Crippen molar-refractivity contribution in [3.8, 4) is 0 Å². The van der Waals surface area contributed by atoms with Gasteiger partial charge in [0.15, 0.2) is 22.0 Å². The molecule has 0 spiro atoms. The lowest BCUT2D eigenvalue weighted by Crippen LogP contribution is -2.57. The Bertz CT molecular complexity index is 1220. The summed E-state index contributed by atoms with van der Waals surface area (Å²) in [5.74, 6) is -1.96. The summed E-state index contributed by atoms with van der Waals surface area (Å²) in [6, 6.07) is 16.6. The zero-order valence-corrected chi connectivity index (χ0v) is 20.3. The van der Waals surface area contributed by atoms with Gasteiger partial charge in [-0.25, -0.2) is 18.3 Å². The molecule has 2 aromatic carbocycles. The molecule has 2 aliphatic rings. The van der Waals surface area contributed by atoms with E-state index in [0.717, 1.165) is 22.1 Å². The fraction of sp³-hybridized carbons (Fsp3) is 0.320. The molecular weight excluding hydrogens is 472 g/mol. The van der Waals surface area contributed by atoms with E-state index in [1.165, 1.54) is 21.1 Å². The fourth-order valence-electron chi connectivity index (χ4n) is 4.43. The first-order chi connectivity index (χ1) is 16.6. The van der Waals surface area contributed by atoms with Crippen LogP contribution in [-0.4, -0.2) is 66.5 Å². The summed E-state index contributed by atoms with van der Waals surface area (Å²) >= 11 is 0. The van der Waals surface area contributed by atoms with Gasteiger partial charge in [-0.05, 0) is 18.1 Å². The highest BCUT2D eigenvalue weighted by Crippen LogP contribution is 2.47. The van der Waals surface area contributed by atoms with E-state index < -0.39 is 49.9 Å². The number of sulfone groups is 1. The minimum Gasteiger partial charge on any atom is -0.451 e. The zero-order valence-electron chi connectivity index (χ0n) is 19.5. The molecule has 0 saturated carbocycles. The number of nitrogens with zero attached hydrogens (tertiary/aromatic N) is 2. The highest BCUT2D eigenvalue weighted by atomic mass is 32.2. The largest absolute Gasteiger partial charge is 0.451 e. The lowest BCUT2D eigenvalue weighted by Gasteiger charge is -2.36. The topological polar surface area (TPSA) is 110 Å². The van der Waals surface area contributed by atoms with Crippen LogP contribution in [0.3, 0.4) is 0 Å². The van der Waals surface area contributed by atoms with Crippen LogP contribution in [0.25, 0.3) is 0 Å². The van der Waals surface area contributed by atoms with E-state index in [4.69, 9.17) is 9.57 Å². The highest BCUT2D eigenvalue weighted by molar-refractivity contribution is 7.94. The van der Waals surface area contributed by atoms with Gasteiger partial charge < -0.3 is 9.64 Å². The van der Waals surface area contributed by atoms with Crippen LogP contribution in [0.5, 0.6) is 0 Å². The molecule has 2 fully saturated rings. The van der Waals surface area contributed by atoms with E-state index in [1.54, 1.807) is 48.5 Å². The third-order valence-electron chi connectivity index (χ3n) is 6.54. The van der Waals surface area contributed by atoms with Gasteiger partial charge in [0.25, 0.3) is 5.91 Å². The maximum atomic E-state index is 13.6. The first kappa shape index (κ1) is 24.6. The van der Waals surface area contributed by atoms with E-state index in [-0.39, 0.29) is 6.42 Å². The molecule has 10 heteroatoms. The van der Waals surface area contributed by atoms with Crippen LogP contribution in [0.4, 0.5) is 0 Å². The number of hydrogen-bond donors (Lipinski definition) is 0. The molecule has 2 saturated heterocycles. The number of β-lactam (4-membered cyclic amide) rings is 1. The maximum Gasteiger partial charge on any atom is 0.331 e. The Balaban J connectivity index is 1.73. The van der Waals surface area contributed by atoms with Gasteiger partial charge in [0, 0.05) is 13.1 Å². The molecule has 2 aliphatic heterocycles. The molecule has 0 N–H and O–H groups in total. The first-order valence-electron chi connectivity index (χ1n) is 11.0. The van der Waals surface area contributed by atoms with Crippen molar-refractivity contribution in [3.63, 3.8) is 0 Å². The maximum absolute atomic E-state index is 13.6. The highest BCUT2D eigenvalue weighted by Gasteiger charge is 2.69. The summed E-state index contributed by atoms with van der Waals surface area (Å²) < 4.78 is 30.9. The second kappa shape index (κ2) is 9.27. The number of rotatable bonds is 7. The molecule has 0 unspecified atom stereocenters. The SMILES string of the molecule is CON(C)C(=O)C=C[C@@]1(C)[C@H](C(=O)OC(c2ccccc2)c2ccccc2)N2C(=O)C[C@H]2S1(=O)=O. The first-order valence-corrected chi connectivity index (χ1v) is 12.5. The summed E-state index contributed by atoms with van der Waals surface area (Å²) in [4.78, 5) is 44.3. The molecule has 2 aromatic rings. The van der Waals surface area contributed by atoms with Crippen LogP contribution in [0.2, 0.25) is 0 Å². The van der Waals surface area contributed by atoms with Gasteiger partial charge in [-0.2, -0.15) is 0 Å². The van der Waals surface area contributed by atoms with E-state index in [0.29, 0.717) is 11.1 Å². The molecule has 184 valence electrons. The van der Waals surface area contributed by atoms with Crippen molar-refractivity contribution < 1.29 is 32.4 Å². The molecule has 0 aliphatic carbocycles. The van der Waals surface area contributed by atoms with Crippen molar-refractivity contribution in [3.05, 3.63) is 83.9 Å². The average Bonchev–Trinajstić information content (AvgIpc) is 3.01. The number of likely N-dealkylation sites (N-methyl/N-ethyl adjacent to an activating group) is 1. The lowest BCUT2D eigenvalue weighted by atomic mass is 9.95. The zero-order chi connectivity index (χ0) is 25.4. The Morgan fingerprint density at radius 3 is 2.11 bits per heavy atom. The number of benzene rings is 2. The summed E-state index contributed by atoms with van der Waals surface area (Å²) in [6.07, 6.45) is 1.14. The molecule has 9 nitrogen and oxygen atoms in total. The number of esters is 1. The molecule has 35 heavy (non-hydrogen) atoms. The molecule has 4 rings (SSSR count). The smallest absolute Gasteiger partial charge is 0.331 e. The molecule has 0 bridgehead atoms. The second-order valence-electron chi connectivity index (χ2n) is 8.58. The number of ether oxygens (including phenoxy) is 1. The van der Waals surface area contributed by atoms with E-state index >= 15 is 0 Å². The van der Waals surface area contributed by atoms with Crippen LogP contribution >= 0.6 is 0 Å². The summed E-state index contributed by atoms with van der Waals surface area (Å²) in [5.41, 5.74) is 1.38. The van der Waals surface area contributed by atoms with Crippen molar-refractivity contribution in [2.24, 2.45) is 0 Å². The van der Waals surface area contributed by atoms with Crippen LogP contribution in [-0.2, 0) is 33.8 Å². The molecule has 3 atom stereocenters. The Morgan fingerprint density at radius 2 is 1.63 bits per heavy atom. The van der Waals surface area contributed by atoms with Crippen molar-refractivity contribution in [2.75, 3.05) is 14.2 Å². The monoisotopic (exact) mass is 498 g/mol. The number of hydroxylamine groups is 2. The lowest BCUT2D eigenvalue weighted by molar-refractivity contribution is -0.164. The van der Waals surface area contributed by atoms with Gasteiger partial charge in [0.1, 0.15) is 10.1 Å². The predicted molar refractivity (Wildman–Crippen MR) is 126 cm³/mol. The van der Waals surface area contributed by atoms with Gasteiger partial charge in [-0.15, -0.1) is 0 Å². The van der Waals surface area contributed by atoms with E-state index in [1.807, 2.05) is 12.1 Å². The Morgan fingerprint density at radius 1 is 1.09 bits per heavy atom. The Kier molecular flexibility index (Phi) is 6.52. The third kappa shape index (κ3) is 4.12. The number of amides is 2. The van der Waals surface area contributed by atoms with Crippen molar-refractivity contribution >= 4 is 27.6 Å². The Hall–Kier alpha value is -3.50.